The van der Waals surface area contributed by atoms with Gasteiger partial charge in [-0.3, -0.25) is 0 Å². The fourth-order valence-corrected chi connectivity index (χ4v) is 2.92. The van der Waals surface area contributed by atoms with Crippen LogP contribution in [0.1, 0.15) is 36.7 Å². The Morgan fingerprint density at radius 3 is 3.19 bits per heavy atom. The molecule has 1 aliphatic heterocycles. The van der Waals surface area contributed by atoms with Gasteiger partial charge in [0, 0.05) is 18.5 Å². The highest BCUT2D eigenvalue weighted by molar-refractivity contribution is 7.13. The first-order chi connectivity index (χ1) is 7.70. The molecule has 0 saturated carbocycles. The molecule has 1 atom stereocenters. The summed E-state index contributed by atoms with van der Waals surface area (Å²) in [4.78, 5) is 17.1. The second kappa shape index (κ2) is 4.82. The Labute approximate surface area is 98.9 Å². The minimum Gasteiger partial charge on any atom is -0.476 e. The van der Waals surface area contributed by atoms with Gasteiger partial charge in [0.2, 0.25) is 0 Å². The first-order valence-electron chi connectivity index (χ1n) is 5.64. The molecule has 88 valence electrons. The highest BCUT2D eigenvalue weighted by Gasteiger charge is 2.21. The van der Waals surface area contributed by atoms with Crippen molar-refractivity contribution in [3.8, 4) is 0 Å². The lowest BCUT2D eigenvalue weighted by atomic mass is 9.96. The third-order valence-electron chi connectivity index (χ3n) is 3.08. The third-order valence-corrected chi connectivity index (χ3v) is 3.98. The van der Waals surface area contributed by atoms with E-state index in [1.807, 2.05) is 0 Å². The van der Waals surface area contributed by atoms with Crippen molar-refractivity contribution in [3.05, 3.63) is 11.1 Å². The molecule has 0 radical (unpaired) electrons. The summed E-state index contributed by atoms with van der Waals surface area (Å²) in [5.74, 6) is -0.211. The molecule has 1 aliphatic rings. The molecule has 0 aromatic carbocycles. The number of hydrogen-bond acceptors (Lipinski definition) is 4. The lowest BCUT2D eigenvalue weighted by Gasteiger charge is -2.31. The van der Waals surface area contributed by atoms with Crippen LogP contribution >= 0.6 is 11.3 Å². The zero-order chi connectivity index (χ0) is 11.5. The van der Waals surface area contributed by atoms with Crippen molar-refractivity contribution in [1.29, 1.82) is 0 Å². The van der Waals surface area contributed by atoms with Crippen LogP contribution in [0.25, 0.3) is 0 Å². The summed E-state index contributed by atoms with van der Waals surface area (Å²) in [6.45, 7) is 4.23. The van der Waals surface area contributed by atoms with Crippen LogP contribution in [-0.4, -0.2) is 29.1 Å². The molecular formula is C11H16N2O2S. The molecule has 5 heteroatoms. The largest absolute Gasteiger partial charge is 0.476 e. The number of rotatable bonds is 3. The summed E-state index contributed by atoms with van der Waals surface area (Å²) in [5.41, 5.74) is 0.165. The fourth-order valence-electron chi connectivity index (χ4n) is 2.08. The summed E-state index contributed by atoms with van der Waals surface area (Å²) in [6.07, 6.45) is 3.65. The Hall–Kier alpha value is -1.10. The van der Waals surface area contributed by atoms with Crippen LogP contribution in [0.5, 0.6) is 0 Å². The summed E-state index contributed by atoms with van der Waals surface area (Å²) in [5, 5.41) is 11.3. The minimum absolute atomic E-state index is 0.165. The number of aromatic carboxylic acids is 1. The SMILES string of the molecule is CCC1CCCN(c2nc(C(=O)O)cs2)C1. The Morgan fingerprint density at radius 1 is 1.75 bits per heavy atom. The number of carboxylic acids is 1. The number of thiazole rings is 1. The number of anilines is 1. The standard InChI is InChI=1S/C11H16N2O2S/c1-2-8-4-3-5-13(6-8)11-12-9(7-16-11)10(14)15/h7-8H,2-6H2,1H3,(H,14,15). The van der Waals surface area contributed by atoms with Gasteiger partial charge in [-0.1, -0.05) is 13.3 Å². The van der Waals surface area contributed by atoms with Crippen molar-refractivity contribution in [1.82, 2.24) is 4.98 Å². The monoisotopic (exact) mass is 240 g/mol. The van der Waals surface area contributed by atoms with E-state index in [-0.39, 0.29) is 5.69 Å². The molecule has 0 aliphatic carbocycles. The molecule has 2 rings (SSSR count). The molecule has 0 amide bonds. The molecule has 1 fully saturated rings. The van der Waals surface area contributed by atoms with Gasteiger partial charge in [0.05, 0.1) is 0 Å². The summed E-state index contributed by atoms with van der Waals surface area (Å²) < 4.78 is 0. The molecule has 2 heterocycles. The second-order valence-electron chi connectivity index (χ2n) is 4.18. The number of aromatic nitrogens is 1. The van der Waals surface area contributed by atoms with E-state index in [0.717, 1.165) is 24.1 Å². The van der Waals surface area contributed by atoms with Gasteiger partial charge in [0.15, 0.2) is 10.8 Å². The molecule has 0 bridgehead atoms. The second-order valence-corrected chi connectivity index (χ2v) is 5.02. The molecule has 4 nitrogen and oxygen atoms in total. The molecule has 1 unspecified atom stereocenters. The third kappa shape index (κ3) is 2.35. The maximum Gasteiger partial charge on any atom is 0.355 e. The van der Waals surface area contributed by atoms with Crippen LogP contribution in [0.3, 0.4) is 0 Å². The van der Waals surface area contributed by atoms with Crippen molar-refractivity contribution in [2.24, 2.45) is 5.92 Å². The van der Waals surface area contributed by atoms with Crippen molar-refractivity contribution in [2.45, 2.75) is 26.2 Å². The maximum atomic E-state index is 10.7. The number of nitrogens with zero attached hydrogens (tertiary/aromatic N) is 2. The summed E-state index contributed by atoms with van der Waals surface area (Å²) in [7, 11) is 0. The Morgan fingerprint density at radius 2 is 2.56 bits per heavy atom. The first kappa shape index (κ1) is 11.4. The van der Waals surface area contributed by atoms with Crippen molar-refractivity contribution >= 4 is 22.4 Å². The number of hydrogen-bond donors (Lipinski definition) is 1. The van der Waals surface area contributed by atoms with Crippen molar-refractivity contribution in [3.63, 3.8) is 0 Å². The van der Waals surface area contributed by atoms with Gasteiger partial charge in [0.25, 0.3) is 0 Å². The van der Waals surface area contributed by atoms with Crippen LogP contribution in [0.2, 0.25) is 0 Å². The molecule has 1 aromatic rings. The predicted molar refractivity (Wildman–Crippen MR) is 64.3 cm³/mol. The molecule has 1 aromatic heterocycles. The Kier molecular flexibility index (Phi) is 3.43. The molecular weight excluding hydrogens is 224 g/mol. The normalized spacial score (nSPS) is 21.1. The summed E-state index contributed by atoms with van der Waals surface area (Å²) in [6, 6.07) is 0. The zero-order valence-corrected chi connectivity index (χ0v) is 10.2. The van der Waals surface area contributed by atoms with E-state index in [4.69, 9.17) is 5.11 Å². The summed E-state index contributed by atoms with van der Waals surface area (Å²) >= 11 is 1.43. The molecule has 1 N–H and O–H groups in total. The topological polar surface area (TPSA) is 53.4 Å². The van der Waals surface area contributed by atoms with Gasteiger partial charge in [-0.05, 0) is 18.8 Å². The molecule has 1 saturated heterocycles. The number of carbonyl (C=O) groups is 1. The van der Waals surface area contributed by atoms with Gasteiger partial charge in [-0.2, -0.15) is 0 Å². The zero-order valence-electron chi connectivity index (χ0n) is 9.35. The van der Waals surface area contributed by atoms with E-state index in [2.05, 4.69) is 16.8 Å². The van der Waals surface area contributed by atoms with Gasteiger partial charge >= 0.3 is 5.97 Å². The van der Waals surface area contributed by atoms with Crippen molar-refractivity contribution in [2.75, 3.05) is 18.0 Å². The van der Waals surface area contributed by atoms with Crippen LogP contribution in [0.4, 0.5) is 5.13 Å². The highest BCUT2D eigenvalue weighted by atomic mass is 32.1. The van der Waals surface area contributed by atoms with Gasteiger partial charge in [0.1, 0.15) is 0 Å². The minimum atomic E-state index is -0.938. The Bertz CT molecular complexity index is 378. The fraction of sp³-hybridized carbons (Fsp3) is 0.636. The van der Waals surface area contributed by atoms with Crippen LogP contribution in [-0.2, 0) is 0 Å². The Balaban J connectivity index is 2.08. The van der Waals surface area contributed by atoms with E-state index in [0.29, 0.717) is 0 Å². The molecule has 16 heavy (non-hydrogen) atoms. The van der Waals surface area contributed by atoms with Crippen LogP contribution < -0.4 is 4.90 Å². The van der Waals surface area contributed by atoms with E-state index in [1.54, 1.807) is 5.38 Å². The number of carboxylic acid groups (broad SMARTS) is 1. The van der Waals surface area contributed by atoms with Crippen molar-refractivity contribution < 1.29 is 9.90 Å². The maximum absolute atomic E-state index is 10.7. The van der Waals surface area contributed by atoms with E-state index in [9.17, 15) is 4.79 Å². The lowest BCUT2D eigenvalue weighted by Crippen LogP contribution is -2.35. The van der Waals surface area contributed by atoms with Gasteiger partial charge in [-0.25, -0.2) is 9.78 Å². The van der Waals surface area contributed by atoms with E-state index < -0.39 is 5.97 Å². The van der Waals surface area contributed by atoms with Crippen LogP contribution in [0.15, 0.2) is 5.38 Å². The van der Waals surface area contributed by atoms with Gasteiger partial charge in [-0.15, -0.1) is 11.3 Å². The highest BCUT2D eigenvalue weighted by Crippen LogP contribution is 2.27. The average molecular weight is 240 g/mol. The van der Waals surface area contributed by atoms with E-state index in [1.165, 1.54) is 30.6 Å². The lowest BCUT2D eigenvalue weighted by molar-refractivity contribution is 0.0691. The quantitative estimate of drug-likeness (QED) is 0.881. The average Bonchev–Trinajstić information content (AvgIpc) is 2.78. The van der Waals surface area contributed by atoms with Crippen LogP contribution in [0, 0.1) is 5.92 Å². The number of piperidine rings is 1. The van der Waals surface area contributed by atoms with E-state index >= 15 is 0 Å². The predicted octanol–water partition coefficient (Wildman–Crippen LogP) is 2.47. The first-order valence-corrected chi connectivity index (χ1v) is 6.52. The smallest absolute Gasteiger partial charge is 0.355 e. The van der Waals surface area contributed by atoms with Gasteiger partial charge < -0.3 is 10.0 Å². The molecule has 0 spiro atoms.